The topological polar surface area (TPSA) is 32.3 Å². The first-order chi connectivity index (χ1) is 7.34. The zero-order valence-electron chi connectivity index (χ0n) is 8.98. The van der Waals surface area contributed by atoms with Crippen LogP contribution in [0.4, 0.5) is 0 Å². The highest BCUT2D eigenvalue weighted by atomic mass is 16.2. The van der Waals surface area contributed by atoms with Crippen molar-refractivity contribution in [3.8, 4) is 0 Å². The van der Waals surface area contributed by atoms with Crippen LogP contribution < -0.4 is 5.32 Å². The summed E-state index contributed by atoms with van der Waals surface area (Å²) in [6, 6.07) is 0. The molecule has 2 saturated heterocycles. The molecule has 0 saturated carbocycles. The quantitative estimate of drug-likeness (QED) is 0.638. The minimum absolute atomic E-state index is 0.191. The molecule has 0 bridgehead atoms. The van der Waals surface area contributed by atoms with Crippen molar-refractivity contribution in [2.75, 3.05) is 26.2 Å². The normalized spacial score (nSPS) is 38.7. The minimum Gasteiger partial charge on any atom is -0.342 e. The fraction of sp³-hybridized carbons (Fsp3) is 0.750. The van der Waals surface area contributed by atoms with Gasteiger partial charge in [-0.05, 0) is 24.7 Å². The molecule has 15 heavy (non-hydrogen) atoms. The Balaban J connectivity index is 1.64. The number of likely N-dealkylation sites (tertiary alicyclic amines) is 1. The van der Waals surface area contributed by atoms with Crippen molar-refractivity contribution in [3.05, 3.63) is 12.2 Å². The van der Waals surface area contributed by atoms with Gasteiger partial charge in [0.2, 0.25) is 5.91 Å². The first-order valence-corrected chi connectivity index (χ1v) is 6.01. The molecule has 2 fully saturated rings. The van der Waals surface area contributed by atoms with E-state index in [0.717, 1.165) is 50.9 Å². The van der Waals surface area contributed by atoms with Crippen molar-refractivity contribution in [1.29, 1.82) is 0 Å². The molecule has 3 unspecified atom stereocenters. The smallest absolute Gasteiger partial charge is 0.229 e. The molecule has 0 aromatic carbocycles. The summed E-state index contributed by atoms with van der Waals surface area (Å²) in [4.78, 5) is 14.2. The van der Waals surface area contributed by atoms with Crippen molar-refractivity contribution in [2.24, 2.45) is 17.8 Å². The molecule has 3 rings (SSSR count). The van der Waals surface area contributed by atoms with E-state index in [1.54, 1.807) is 0 Å². The van der Waals surface area contributed by atoms with Crippen LogP contribution in [0.2, 0.25) is 0 Å². The van der Waals surface area contributed by atoms with Crippen molar-refractivity contribution in [3.63, 3.8) is 0 Å². The second-order valence-corrected chi connectivity index (χ2v) is 5.03. The molecule has 0 aromatic rings. The highest BCUT2D eigenvalue weighted by molar-refractivity contribution is 5.81. The van der Waals surface area contributed by atoms with Gasteiger partial charge in [-0.1, -0.05) is 12.2 Å². The number of hydrogen-bond acceptors (Lipinski definition) is 2. The van der Waals surface area contributed by atoms with Crippen LogP contribution >= 0.6 is 0 Å². The van der Waals surface area contributed by atoms with E-state index in [2.05, 4.69) is 22.4 Å². The maximum Gasteiger partial charge on any atom is 0.229 e. The molecule has 1 amide bonds. The van der Waals surface area contributed by atoms with Gasteiger partial charge in [0.15, 0.2) is 0 Å². The molecule has 3 atom stereocenters. The van der Waals surface area contributed by atoms with Crippen LogP contribution in [0.1, 0.15) is 12.8 Å². The first-order valence-electron chi connectivity index (χ1n) is 6.01. The van der Waals surface area contributed by atoms with Gasteiger partial charge in [-0.3, -0.25) is 4.79 Å². The van der Waals surface area contributed by atoms with Crippen molar-refractivity contribution in [2.45, 2.75) is 12.8 Å². The third-order valence-electron chi connectivity index (χ3n) is 4.03. The lowest BCUT2D eigenvalue weighted by Gasteiger charge is -2.20. The number of carbonyl (C=O) groups excluding carboxylic acids is 1. The Bertz CT molecular complexity index is 288. The molecule has 82 valence electrons. The Kier molecular flexibility index (Phi) is 2.28. The van der Waals surface area contributed by atoms with Crippen molar-refractivity contribution in [1.82, 2.24) is 10.2 Å². The Morgan fingerprint density at radius 1 is 1.27 bits per heavy atom. The molecule has 0 spiro atoms. The summed E-state index contributed by atoms with van der Waals surface area (Å²) in [6.07, 6.45) is 6.34. The summed E-state index contributed by atoms with van der Waals surface area (Å²) < 4.78 is 0. The summed E-state index contributed by atoms with van der Waals surface area (Å²) in [5, 5.41) is 3.40. The molecule has 3 aliphatic rings. The van der Waals surface area contributed by atoms with Crippen LogP contribution in [0.15, 0.2) is 12.2 Å². The van der Waals surface area contributed by atoms with Gasteiger partial charge in [-0.2, -0.15) is 0 Å². The number of rotatable bonds is 1. The number of carbonyl (C=O) groups is 1. The van der Waals surface area contributed by atoms with E-state index in [1.165, 1.54) is 0 Å². The van der Waals surface area contributed by atoms with Crippen LogP contribution in [0, 0.1) is 17.8 Å². The second-order valence-electron chi connectivity index (χ2n) is 5.03. The summed E-state index contributed by atoms with van der Waals surface area (Å²) in [7, 11) is 0. The molecule has 0 radical (unpaired) electrons. The third-order valence-corrected chi connectivity index (χ3v) is 4.03. The van der Waals surface area contributed by atoms with E-state index in [9.17, 15) is 4.79 Å². The average Bonchev–Trinajstić information content (AvgIpc) is 2.92. The Hall–Kier alpha value is -0.830. The lowest BCUT2D eigenvalue weighted by atomic mass is 10.0. The van der Waals surface area contributed by atoms with Crippen LogP contribution in [0.3, 0.4) is 0 Å². The van der Waals surface area contributed by atoms with E-state index in [-0.39, 0.29) is 5.92 Å². The number of fused-ring (bicyclic) bond motifs is 1. The predicted octanol–water partition coefficient (Wildman–Crippen LogP) is 0.630. The van der Waals surface area contributed by atoms with E-state index < -0.39 is 0 Å². The van der Waals surface area contributed by atoms with E-state index in [4.69, 9.17) is 0 Å². The van der Waals surface area contributed by atoms with Crippen molar-refractivity contribution < 1.29 is 4.79 Å². The Morgan fingerprint density at radius 3 is 2.60 bits per heavy atom. The number of nitrogens with one attached hydrogen (secondary N) is 1. The van der Waals surface area contributed by atoms with Gasteiger partial charge in [0.05, 0.1) is 5.92 Å². The van der Waals surface area contributed by atoms with Crippen LogP contribution in [0.5, 0.6) is 0 Å². The number of allylic oxidation sites excluding steroid dienone is 1. The lowest BCUT2D eigenvalue weighted by Crippen LogP contribution is -2.35. The molecule has 3 nitrogen and oxygen atoms in total. The molecule has 2 aliphatic heterocycles. The molecule has 1 aliphatic carbocycles. The summed E-state index contributed by atoms with van der Waals surface area (Å²) >= 11 is 0. The molecule has 0 aromatic heterocycles. The standard InChI is InChI=1S/C12H18N2O/c15-12(9-3-1-2-4-9)14-7-10-5-13-6-11(10)8-14/h1,3,9-11,13H,2,4-8H2. The highest BCUT2D eigenvalue weighted by Crippen LogP contribution is 2.29. The fourth-order valence-electron chi connectivity index (χ4n) is 3.11. The predicted molar refractivity (Wildman–Crippen MR) is 58.3 cm³/mol. The number of nitrogens with zero attached hydrogens (tertiary/aromatic N) is 1. The zero-order chi connectivity index (χ0) is 10.3. The van der Waals surface area contributed by atoms with Gasteiger partial charge in [-0.15, -0.1) is 0 Å². The first kappa shape index (κ1) is 9.40. The summed E-state index contributed by atoms with van der Waals surface area (Å²) in [5.74, 6) is 2.01. The monoisotopic (exact) mass is 206 g/mol. The molecule has 2 heterocycles. The minimum atomic E-state index is 0.191. The largest absolute Gasteiger partial charge is 0.342 e. The van der Waals surface area contributed by atoms with Crippen LogP contribution in [-0.4, -0.2) is 37.0 Å². The Labute approximate surface area is 90.5 Å². The maximum absolute atomic E-state index is 12.1. The lowest BCUT2D eigenvalue weighted by molar-refractivity contribution is -0.133. The Morgan fingerprint density at radius 2 is 2.00 bits per heavy atom. The number of hydrogen-bond donors (Lipinski definition) is 1. The zero-order valence-corrected chi connectivity index (χ0v) is 8.98. The van der Waals surface area contributed by atoms with E-state index in [0.29, 0.717) is 5.91 Å². The highest BCUT2D eigenvalue weighted by Gasteiger charge is 2.39. The molecular weight excluding hydrogens is 188 g/mol. The summed E-state index contributed by atoms with van der Waals surface area (Å²) in [6.45, 7) is 4.19. The van der Waals surface area contributed by atoms with Gasteiger partial charge in [-0.25, -0.2) is 0 Å². The third kappa shape index (κ3) is 1.59. The van der Waals surface area contributed by atoms with E-state index >= 15 is 0 Å². The van der Waals surface area contributed by atoms with E-state index in [1.807, 2.05) is 0 Å². The van der Waals surface area contributed by atoms with Crippen molar-refractivity contribution >= 4 is 5.91 Å². The number of amides is 1. The van der Waals surface area contributed by atoms with Gasteiger partial charge < -0.3 is 10.2 Å². The molecule has 1 N–H and O–H groups in total. The molecular formula is C12H18N2O. The van der Waals surface area contributed by atoms with Crippen LogP contribution in [0.25, 0.3) is 0 Å². The van der Waals surface area contributed by atoms with Gasteiger partial charge in [0.1, 0.15) is 0 Å². The summed E-state index contributed by atoms with van der Waals surface area (Å²) in [5.41, 5.74) is 0. The van der Waals surface area contributed by atoms with Crippen LogP contribution in [-0.2, 0) is 4.79 Å². The molecule has 3 heteroatoms. The van der Waals surface area contributed by atoms with Gasteiger partial charge in [0.25, 0.3) is 0 Å². The van der Waals surface area contributed by atoms with Gasteiger partial charge >= 0.3 is 0 Å². The average molecular weight is 206 g/mol. The second kappa shape index (κ2) is 3.63. The fourth-order valence-corrected chi connectivity index (χ4v) is 3.11. The maximum atomic E-state index is 12.1. The van der Waals surface area contributed by atoms with Gasteiger partial charge in [0, 0.05) is 26.2 Å². The SMILES string of the molecule is O=C(C1C=CCC1)N1CC2CNCC2C1.